The lowest BCUT2D eigenvalue weighted by Crippen LogP contribution is -2.32. The average molecular weight is 396 g/mol. The van der Waals surface area contributed by atoms with Crippen molar-refractivity contribution in [3.63, 3.8) is 0 Å². The average Bonchev–Trinajstić information content (AvgIpc) is 3.10. The van der Waals surface area contributed by atoms with Gasteiger partial charge in [-0.2, -0.15) is 5.10 Å². The van der Waals surface area contributed by atoms with E-state index in [2.05, 4.69) is 23.6 Å². The lowest BCUT2D eigenvalue weighted by Gasteiger charge is -2.22. The minimum Gasteiger partial charge on any atom is -0.370 e. The topological polar surface area (TPSA) is 56.1 Å². The Kier molecular flexibility index (Phi) is 5.46. The first-order valence-electron chi connectivity index (χ1n) is 9.36. The maximum Gasteiger partial charge on any atom is 0.251 e. The third kappa shape index (κ3) is 4.11. The van der Waals surface area contributed by atoms with E-state index in [9.17, 15) is 4.79 Å². The van der Waals surface area contributed by atoms with E-state index in [-0.39, 0.29) is 12.0 Å². The highest BCUT2D eigenvalue weighted by Crippen LogP contribution is 2.26. The zero-order chi connectivity index (χ0) is 19.5. The molecule has 0 saturated carbocycles. The second kappa shape index (κ2) is 8.17. The molecule has 1 aromatic heterocycles. The molecule has 144 valence electrons. The number of carbonyl (C=O) groups excluding carboxylic acids is 1. The molecule has 2 heterocycles. The molecule has 5 nitrogen and oxygen atoms in total. The van der Waals surface area contributed by atoms with Crippen LogP contribution < -0.4 is 5.32 Å². The van der Waals surface area contributed by atoms with Crippen molar-refractivity contribution in [1.82, 2.24) is 15.1 Å². The molecule has 1 aliphatic rings. The molecule has 6 heteroatoms. The molecule has 1 aliphatic heterocycles. The van der Waals surface area contributed by atoms with Crippen LogP contribution in [0.4, 0.5) is 0 Å². The number of nitrogens with one attached hydrogen (secondary N) is 1. The largest absolute Gasteiger partial charge is 0.370 e. The Hall–Kier alpha value is -2.63. The van der Waals surface area contributed by atoms with Gasteiger partial charge in [-0.25, -0.2) is 0 Å². The van der Waals surface area contributed by atoms with Gasteiger partial charge < -0.3 is 10.1 Å². The van der Waals surface area contributed by atoms with Gasteiger partial charge in [-0.05, 0) is 48.2 Å². The number of aromatic nitrogens is 2. The molecular weight excluding hydrogens is 374 g/mol. The predicted molar refractivity (Wildman–Crippen MR) is 109 cm³/mol. The minimum atomic E-state index is -0.239. The Morgan fingerprint density at radius 1 is 1.29 bits per heavy atom. The van der Waals surface area contributed by atoms with E-state index in [0.29, 0.717) is 23.7 Å². The summed E-state index contributed by atoms with van der Waals surface area (Å²) in [5.74, 6) is -0.131. The first-order chi connectivity index (χ1) is 13.6. The monoisotopic (exact) mass is 395 g/mol. The maximum absolute atomic E-state index is 12.5. The molecule has 0 saturated heterocycles. The van der Waals surface area contributed by atoms with E-state index in [1.165, 1.54) is 11.1 Å². The van der Waals surface area contributed by atoms with E-state index in [0.717, 1.165) is 24.2 Å². The van der Waals surface area contributed by atoms with Gasteiger partial charge in [0.05, 0.1) is 18.8 Å². The molecule has 0 unspecified atom stereocenters. The number of hydrogen-bond acceptors (Lipinski definition) is 3. The summed E-state index contributed by atoms with van der Waals surface area (Å²) in [7, 11) is 0. The Morgan fingerprint density at radius 3 is 2.89 bits per heavy atom. The molecule has 0 bridgehead atoms. The number of amides is 1. The number of carbonyl (C=O) groups is 1. The highest BCUT2D eigenvalue weighted by molar-refractivity contribution is 6.30. The van der Waals surface area contributed by atoms with Crippen LogP contribution in [0.3, 0.4) is 0 Å². The van der Waals surface area contributed by atoms with E-state index in [1.807, 2.05) is 29.8 Å². The van der Waals surface area contributed by atoms with Crippen LogP contribution in [0.5, 0.6) is 0 Å². The van der Waals surface area contributed by atoms with Crippen LogP contribution in [0.15, 0.2) is 54.7 Å². The summed E-state index contributed by atoms with van der Waals surface area (Å²) in [5.41, 5.74) is 4.77. The number of nitrogens with zero attached hydrogens (tertiary/aromatic N) is 2. The molecule has 1 amide bonds. The van der Waals surface area contributed by atoms with Crippen LogP contribution in [0, 0.1) is 6.92 Å². The molecule has 2 aromatic carbocycles. The van der Waals surface area contributed by atoms with Crippen molar-refractivity contribution in [2.75, 3.05) is 13.2 Å². The fourth-order valence-electron chi connectivity index (χ4n) is 3.50. The quantitative estimate of drug-likeness (QED) is 0.712. The van der Waals surface area contributed by atoms with Crippen LogP contribution in [0.1, 0.15) is 38.8 Å². The third-order valence-electron chi connectivity index (χ3n) is 4.93. The van der Waals surface area contributed by atoms with Gasteiger partial charge in [-0.1, -0.05) is 41.9 Å². The van der Waals surface area contributed by atoms with Gasteiger partial charge in [-0.3, -0.25) is 9.48 Å². The number of benzene rings is 2. The van der Waals surface area contributed by atoms with Crippen molar-refractivity contribution in [3.05, 3.63) is 87.7 Å². The van der Waals surface area contributed by atoms with Crippen molar-refractivity contribution < 1.29 is 9.53 Å². The smallest absolute Gasteiger partial charge is 0.251 e. The molecule has 0 spiro atoms. The molecule has 4 rings (SSSR count). The van der Waals surface area contributed by atoms with Gasteiger partial charge in [0, 0.05) is 23.3 Å². The number of rotatable bonds is 5. The van der Waals surface area contributed by atoms with Gasteiger partial charge in [0.1, 0.15) is 6.10 Å². The van der Waals surface area contributed by atoms with Crippen LogP contribution in [0.25, 0.3) is 0 Å². The molecule has 28 heavy (non-hydrogen) atoms. The van der Waals surface area contributed by atoms with Crippen LogP contribution in [-0.2, 0) is 17.7 Å². The number of aryl methyl sites for hydroxylation is 1. The summed E-state index contributed by atoms with van der Waals surface area (Å²) >= 11 is 5.97. The number of ether oxygens (including phenoxy) is 1. The number of hydrogen-bond donors (Lipinski definition) is 1. The van der Waals surface area contributed by atoms with Crippen molar-refractivity contribution in [2.24, 2.45) is 0 Å². The highest BCUT2D eigenvalue weighted by atomic mass is 35.5. The zero-order valence-corrected chi connectivity index (χ0v) is 16.4. The first kappa shape index (κ1) is 18.7. The SMILES string of the molecule is Cc1cc(Cl)ccc1C(=O)NC[C@H]1OCCc2cn(Cc3ccccc3)nc21. The second-order valence-corrected chi connectivity index (χ2v) is 7.44. The summed E-state index contributed by atoms with van der Waals surface area (Å²) in [6.45, 7) is 3.61. The fraction of sp³-hybridized carbons (Fsp3) is 0.273. The van der Waals surface area contributed by atoms with Gasteiger partial charge in [0.25, 0.3) is 5.91 Å². The molecule has 1 N–H and O–H groups in total. The Balaban J connectivity index is 1.45. The van der Waals surface area contributed by atoms with Gasteiger partial charge >= 0.3 is 0 Å². The van der Waals surface area contributed by atoms with Crippen molar-refractivity contribution in [2.45, 2.75) is 26.0 Å². The van der Waals surface area contributed by atoms with Crippen molar-refractivity contribution >= 4 is 17.5 Å². The Bertz CT molecular complexity index is 985. The summed E-state index contributed by atoms with van der Waals surface area (Å²) in [4.78, 5) is 12.5. The fourth-order valence-corrected chi connectivity index (χ4v) is 3.73. The molecular formula is C22H22ClN3O2. The lowest BCUT2D eigenvalue weighted by atomic mass is 10.1. The lowest BCUT2D eigenvalue weighted by molar-refractivity contribution is 0.0383. The van der Waals surface area contributed by atoms with Crippen molar-refractivity contribution in [1.29, 1.82) is 0 Å². The van der Waals surface area contributed by atoms with E-state index >= 15 is 0 Å². The second-order valence-electron chi connectivity index (χ2n) is 7.00. The van der Waals surface area contributed by atoms with Crippen LogP contribution in [-0.4, -0.2) is 28.8 Å². The number of fused-ring (bicyclic) bond motifs is 1. The Morgan fingerprint density at radius 2 is 2.11 bits per heavy atom. The standard InChI is InChI=1S/C22H22ClN3O2/c1-15-11-18(23)7-8-19(15)22(27)24-12-20-21-17(9-10-28-20)14-26(25-21)13-16-5-3-2-4-6-16/h2-8,11,14,20H,9-10,12-13H2,1H3,(H,24,27)/t20-/m1/s1. The zero-order valence-electron chi connectivity index (χ0n) is 15.7. The summed E-state index contributed by atoms with van der Waals surface area (Å²) in [5, 5.41) is 8.33. The van der Waals surface area contributed by atoms with Crippen LogP contribution >= 0.6 is 11.6 Å². The maximum atomic E-state index is 12.5. The molecule has 1 atom stereocenters. The normalized spacial score (nSPS) is 15.9. The predicted octanol–water partition coefficient (Wildman–Crippen LogP) is 3.94. The van der Waals surface area contributed by atoms with E-state index in [4.69, 9.17) is 21.4 Å². The van der Waals surface area contributed by atoms with Crippen molar-refractivity contribution in [3.8, 4) is 0 Å². The third-order valence-corrected chi connectivity index (χ3v) is 5.17. The molecule has 0 aliphatic carbocycles. The molecule has 0 fully saturated rings. The Labute approximate surface area is 169 Å². The van der Waals surface area contributed by atoms with Gasteiger partial charge in [-0.15, -0.1) is 0 Å². The van der Waals surface area contributed by atoms with Gasteiger partial charge in [0.15, 0.2) is 0 Å². The van der Waals surface area contributed by atoms with E-state index < -0.39 is 0 Å². The highest BCUT2D eigenvalue weighted by Gasteiger charge is 2.25. The molecule has 0 radical (unpaired) electrons. The first-order valence-corrected chi connectivity index (χ1v) is 9.74. The molecule has 3 aromatic rings. The summed E-state index contributed by atoms with van der Waals surface area (Å²) in [6, 6.07) is 15.5. The van der Waals surface area contributed by atoms with Crippen LogP contribution in [0.2, 0.25) is 5.02 Å². The minimum absolute atomic E-state index is 0.131. The van der Waals surface area contributed by atoms with Gasteiger partial charge in [0.2, 0.25) is 0 Å². The number of halogens is 1. The van der Waals surface area contributed by atoms with E-state index in [1.54, 1.807) is 18.2 Å². The summed E-state index contributed by atoms with van der Waals surface area (Å²) in [6.07, 6.45) is 2.69. The summed E-state index contributed by atoms with van der Waals surface area (Å²) < 4.78 is 7.84.